The SMILES string of the molecule is CCC(CC)Cn1cc(C=O)c2ccccc21. The summed E-state index contributed by atoms with van der Waals surface area (Å²) in [5.74, 6) is 0.685. The molecule has 90 valence electrons. The van der Waals surface area contributed by atoms with Gasteiger partial charge in [0.1, 0.15) is 0 Å². The van der Waals surface area contributed by atoms with E-state index in [2.05, 4.69) is 24.5 Å². The Bertz CT molecular complexity index is 509. The molecule has 1 aromatic heterocycles. The van der Waals surface area contributed by atoms with Gasteiger partial charge in [0.15, 0.2) is 6.29 Å². The second kappa shape index (κ2) is 5.17. The van der Waals surface area contributed by atoms with Crippen LogP contribution >= 0.6 is 0 Å². The molecule has 0 unspecified atom stereocenters. The third-order valence-corrected chi connectivity index (χ3v) is 3.56. The molecular weight excluding hydrogens is 210 g/mol. The highest BCUT2D eigenvalue weighted by atomic mass is 16.1. The lowest BCUT2D eigenvalue weighted by Crippen LogP contribution is -2.07. The van der Waals surface area contributed by atoms with Crippen LogP contribution in [0.3, 0.4) is 0 Å². The van der Waals surface area contributed by atoms with Gasteiger partial charge in [0.2, 0.25) is 0 Å². The van der Waals surface area contributed by atoms with Gasteiger partial charge in [-0.3, -0.25) is 4.79 Å². The second-order valence-electron chi connectivity index (χ2n) is 4.55. The van der Waals surface area contributed by atoms with Crippen molar-refractivity contribution in [1.29, 1.82) is 0 Å². The van der Waals surface area contributed by atoms with E-state index in [9.17, 15) is 4.79 Å². The molecule has 2 rings (SSSR count). The van der Waals surface area contributed by atoms with Gasteiger partial charge < -0.3 is 4.57 Å². The van der Waals surface area contributed by atoms with Crippen LogP contribution in [0.5, 0.6) is 0 Å². The van der Waals surface area contributed by atoms with Crippen molar-refractivity contribution in [2.75, 3.05) is 0 Å². The van der Waals surface area contributed by atoms with Crippen LogP contribution in [0, 0.1) is 5.92 Å². The lowest BCUT2D eigenvalue weighted by Gasteiger charge is -2.14. The number of fused-ring (bicyclic) bond motifs is 1. The van der Waals surface area contributed by atoms with Crippen LogP contribution in [-0.4, -0.2) is 10.9 Å². The van der Waals surface area contributed by atoms with Gasteiger partial charge in [-0.05, 0) is 12.0 Å². The summed E-state index contributed by atoms with van der Waals surface area (Å²) >= 11 is 0. The minimum Gasteiger partial charge on any atom is -0.346 e. The van der Waals surface area contributed by atoms with Crippen molar-refractivity contribution in [1.82, 2.24) is 4.57 Å². The number of hydrogen-bond acceptors (Lipinski definition) is 1. The van der Waals surface area contributed by atoms with Gasteiger partial charge >= 0.3 is 0 Å². The lowest BCUT2D eigenvalue weighted by molar-refractivity contribution is 0.112. The molecule has 0 amide bonds. The summed E-state index contributed by atoms with van der Waals surface area (Å²) in [5.41, 5.74) is 1.97. The fourth-order valence-electron chi connectivity index (χ4n) is 2.35. The smallest absolute Gasteiger partial charge is 0.152 e. The molecule has 0 fully saturated rings. The van der Waals surface area contributed by atoms with E-state index in [1.165, 1.54) is 18.4 Å². The Balaban J connectivity index is 2.43. The molecule has 0 saturated heterocycles. The molecule has 0 atom stereocenters. The first-order valence-corrected chi connectivity index (χ1v) is 6.33. The van der Waals surface area contributed by atoms with Crippen LogP contribution in [-0.2, 0) is 6.54 Å². The first kappa shape index (κ1) is 11.9. The number of para-hydroxylation sites is 1. The van der Waals surface area contributed by atoms with E-state index in [4.69, 9.17) is 0 Å². The Morgan fingerprint density at radius 1 is 1.24 bits per heavy atom. The number of hydrogen-bond donors (Lipinski definition) is 0. The average molecular weight is 229 g/mol. The van der Waals surface area contributed by atoms with Crippen LogP contribution < -0.4 is 0 Å². The van der Waals surface area contributed by atoms with E-state index in [0.717, 1.165) is 23.8 Å². The maximum Gasteiger partial charge on any atom is 0.152 e. The molecule has 17 heavy (non-hydrogen) atoms. The van der Waals surface area contributed by atoms with E-state index >= 15 is 0 Å². The largest absolute Gasteiger partial charge is 0.346 e. The summed E-state index contributed by atoms with van der Waals surface area (Å²) in [6, 6.07) is 8.12. The highest BCUT2D eigenvalue weighted by Gasteiger charge is 2.10. The topological polar surface area (TPSA) is 22.0 Å². The molecule has 1 aromatic carbocycles. The van der Waals surface area contributed by atoms with Crippen molar-refractivity contribution >= 4 is 17.2 Å². The fraction of sp³-hybridized carbons (Fsp3) is 0.400. The van der Waals surface area contributed by atoms with Crippen molar-refractivity contribution < 1.29 is 4.79 Å². The Labute approximate surface area is 102 Å². The Kier molecular flexibility index (Phi) is 3.62. The van der Waals surface area contributed by atoms with Gasteiger partial charge in [0, 0.05) is 29.2 Å². The first-order valence-electron chi connectivity index (χ1n) is 6.33. The van der Waals surface area contributed by atoms with Crippen LogP contribution in [0.25, 0.3) is 10.9 Å². The van der Waals surface area contributed by atoms with Gasteiger partial charge in [-0.25, -0.2) is 0 Å². The highest BCUT2D eigenvalue weighted by Crippen LogP contribution is 2.22. The summed E-state index contributed by atoms with van der Waals surface area (Å²) in [6.07, 6.45) is 5.29. The molecule has 2 nitrogen and oxygen atoms in total. The fourth-order valence-corrected chi connectivity index (χ4v) is 2.35. The maximum absolute atomic E-state index is 11.0. The number of aromatic nitrogens is 1. The number of carbonyl (C=O) groups excluding carboxylic acids is 1. The minimum absolute atomic E-state index is 0.685. The summed E-state index contributed by atoms with van der Waals surface area (Å²) in [4.78, 5) is 11.0. The molecule has 0 aliphatic heterocycles. The molecule has 2 aromatic rings. The number of rotatable bonds is 5. The van der Waals surface area contributed by atoms with Crippen LogP contribution in [0.1, 0.15) is 37.0 Å². The highest BCUT2D eigenvalue weighted by molar-refractivity contribution is 5.97. The number of nitrogens with zero attached hydrogens (tertiary/aromatic N) is 1. The van der Waals surface area contributed by atoms with E-state index < -0.39 is 0 Å². The van der Waals surface area contributed by atoms with Crippen molar-refractivity contribution in [3.05, 3.63) is 36.0 Å². The predicted molar refractivity (Wildman–Crippen MR) is 71.4 cm³/mol. The van der Waals surface area contributed by atoms with E-state index in [1.54, 1.807) is 0 Å². The Morgan fingerprint density at radius 2 is 1.94 bits per heavy atom. The molecule has 2 heteroatoms. The molecule has 0 saturated carbocycles. The number of carbonyl (C=O) groups is 1. The van der Waals surface area contributed by atoms with Crippen LogP contribution in [0.15, 0.2) is 30.5 Å². The van der Waals surface area contributed by atoms with Gasteiger partial charge in [-0.15, -0.1) is 0 Å². The average Bonchev–Trinajstić information content (AvgIpc) is 2.74. The quantitative estimate of drug-likeness (QED) is 0.713. The number of aldehydes is 1. The minimum atomic E-state index is 0.685. The molecule has 0 spiro atoms. The molecule has 0 radical (unpaired) electrons. The zero-order chi connectivity index (χ0) is 12.3. The number of benzene rings is 1. The van der Waals surface area contributed by atoms with Gasteiger partial charge in [0.25, 0.3) is 0 Å². The summed E-state index contributed by atoms with van der Waals surface area (Å²) in [5, 5.41) is 1.06. The second-order valence-corrected chi connectivity index (χ2v) is 4.55. The van der Waals surface area contributed by atoms with Gasteiger partial charge in [0.05, 0.1) is 0 Å². The molecule has 1 heterocycles. The zero-order valence-corrected chi connectivity index (χ0v) is 10.5. The Morgan fingerprint density at radius 3 is 2.59 bits per heavy atom. The summed E-state index contributed by atoms with van der Waals surface area (Å²) < 4.78 is 2.22. The monoisotopic (exact) mass is 229 g/mol. The van der Waals surface area contributed by atoms with E-state index in [0.29, 0.717) is 5.92 Å². The standard InChI is InChI=1S/C15H19NO/c1-3-12(4-2)9-16-10-13(11-17)14-7-5-6-8-15(14)16/h5-8,10-12H,3-4,9H2,1-2H3. The van der Waals surface area contributed by atoms with E-state index in [1.807, 2.05) is 24.4 Å². The predicted octanol–water partition coefficient (Wildman–Crippen LogP) is 3.89. The molecule has 0 N–H and O–H groups in total. The molecular formula is C15H19NO. The van der Waals surface area contributed by atoms with E-state index in [-0.39, 0.29) is 0 Å². The normalized spacial score (nSPS) is 11.2. The van der Waals surface area contributed by atoms with Gasteiger partial charge in [-0.1, -0.05) is 44.9 Å². The third kappa shape index (κ3) is 2.26. The van der Waals surface area contributed by atoms with Crippen molar-refractivity contribution in [2.24, 2.45) is 5.92 Å². The van der Waals surface area contributed by atoms with Crippen molar-refractivity contribution in [3.63, 3.8) is 0 Å². The van der Waals surface area contributed by atoms with Crippen molar-refractivity contribution in [3.8, 4) is 0 Å². The zero-order valence-electron chi connectivity index (χ0n) is 10.5. The van der Waals surface area contributed by atoms with Gasteiger partial charge in [-0.2, -0.15) is 0 Å². The third-order valence-electron chi connectivity index (χ3n) is 3.56. The summed E-state index contributed by atoms with van der Waals surface area (Å²) in [6.45, 7) is 5.45. The van der Waals surface area contributed by atoms with Crippen LogP contribution in [0.4, 0.5) is 0 Å². The first-order chi connectivity index (χ1) is 8.30. The summed E-state index contributed by atoms with van der Waals surface area (Å²) in [7, 11) is 0. The van der Waals surface area contributed by atoms with Crippen molar-refractivity contribution in [2.45, 2.75) is 33.2 Å². The molecule has 0 aliphatic carbocycles. The maximum atomic E-state index is 11.0. The van der Waals surface area contributed by atoms with Crippen LogP contribution in [0.2, 0.25) is 0 Å². The Hall–Kier alpha value is -1.57. The molecule has 0 bridgehead atoms. The molecule has 0 aliphatic rings. The lowest BCUT2D eigenvalue weighted by atomic mass is 10.0.